The number of aliphatic hydroxyl groups excluding tert-OH is 1. The first-order valence-corrected chi connectivity index (χ1v) is 4.68. The molecule has 0 amide bonds. The molecular weight excluding hydrogens is 165 g/mol. The number of hydrogen-bond donors (Lipinski definition) is 1. The molecule has 0 unspecified atom stereocenters. The molecule has 3 heteroatoms. The molecule has 1 aromatic carbocycles. The molecule has 0 saturated carbocycles. The van der Waals surface area contributed by atoms with Crippen LogP contribution in [0.4, 0.5) is 0 Å². The molecule has 1 heterocycles. The molecule has 1 radical (unpaired) electrons. The SMILES string of the molecule is OCCCn1ccc2cc([3O])ccc21. The van der Waals surface area contributed by atoms with Crippen molar-refractivity contribution < 1.29 is 10.2 Å². The molecule has 0 bridgehead atoms. The number of aliphatic hydroxyl groups is 1. The zero-order valence-electron chi connectivity index (χ0n) is 7.81. The highest BCUT2D eigenvalue weighted by molar-refractivity contribution is 5.81. The zero-order chi connectivity index (χ0) is 9.97. The van der Waals surface area contributed by atoms with Crippen molar-refractivity contribution in [1.29, 1.82) is 0 Å². The van der Waals surface area contributed by atoms with Gasteiger partial charge in [-0.15, -0.1) is 0 Å². The molecule has 2 aromatic rings. The molecule has 14 heavy (non-hydrogen) atoms. The summed E-state index contributed by atoms with van der Waals surface area (Å²) in [5.74, 6) is 0.0393. The Hall–Kier alpha value is -1.48. The van der Waals surface area contributed by atoms with Gasteiger partial charge in [0.25, 0.3) is 0 Å². The van der Waals surface area contributed by atoms with Crippen molar-refractivity contribution in [3.8, 4) is 5.75 Å². The minimum absolute atomic E-state index is 0.0393. The van der Waals surface area contributed by atoms with Gasteiger partial charge in [0.1, 0.15) is 0 Å². The molecule has 0 saturated heterocycles. The van der Waals surface area contributed by atoms with E-state index in [1.54, 1.807) is 12.1 Å². The molecule has 73 valence electrons. The first-order chi connectivity index (χ1) is 6.81. The maximum atomic E-state index is 11.1. The summed E-state index contributed by atoms with van der Waals surface area (Å²) in [5, 5.41) is 20.7. The third kappa shape index (κ3) is 1.59. The molecule has 3 nitrogen and oxygen atoms in total. The molecule has 1 N–H and O–H groups in total. The van der Waals surface area contributed by atoms with Crippen LogP contribution in [0.25, 0.3) is 10.9 Å². The average molecular weight is 177 g/mol. The monoisotopic (exact) mass is 177 g/mol. The Morgan fingerprint density at radius 2 is 2.14 bits per heavy atom. The van der Waals surface area contributed by atoms with E-state index >= 15 is 0 Å². The second-order valence-electron chi connectivity index (χ2n) is 3.31. The van der Waals surface area contributed by atoms with Crippen LogP contribution in [0.1, 0.15) is 6.42 Å². The van der Waals surface area contributed by atoms with E-state index < -0.39 is 0 Å². The zero-order valence-corrected chi connectivity index (χ0v) is 7.81. The van der Waals surface area contributed by atoms with Crippen molar-refractivity contribution in [1.82, 2.24) is 4.57 Å². The maximum absolute atomic E-state index is 11.1. The summed E-state index contributed by atoms with van der Waals surface area (Å²) in [6.07, 6.45) is 2.68. The summed E-state index contributed by atoms with van der Waals surface area (Å²) >= 11 is 0. The van der Waals surface area contributed by atoms with Crippen molar-refractivity contribution in [2.45, 2.75) is 13.0 Å². The molecule has 2 rings (SSSR count). The fourth-order valence-electron chi connectivity index (χ4n) is 1.61. The van der Waals surface area contributed by atoms with E-state index in [0.29, 0.717) is 0 Å². The summed E-state index contributed by atoms with van der Waals surface area (Å²) in [5.41, 5.74) is 1.05. The number of fused-ring (bicyclic) bond motifs is 1. The lowest BCUT2D eigenvalue weighted by Gasteiger charge is -2.02. The van der Waals surface area contributed by atoms with Gasteiger partial charge in [0.15, 0.2) is 5.75 Å². The average Bonchev–Trinajstić information content (AvgIpc) is 2.57. The summed E-state index contributed by atoms with van der Waals surface area (Å²) in [7, 11) is 0. The quantitative estimate of drug-likeness (QED) is 0.767. The number of benzene rings is 1. The van der Waals surface area contributed by atoms with Crippen LogP contribution >= 0.6 is 0 Å². The maximum Gasteiger partial charge on any atom is 0.179 e. The fourth-order valence-corrected chi connectivity index (χ4v) is 1.61. The van der Waals surface area contributed by atoms with Gasteiger partial charge in [0.2, 0.25) is 0 Å². The molecule has 0 spiro atoms. The van der Waals surface area contributed by atoms with Gasteiger partial charge in [-0.05, 0) is 30.7 Å². The van der Waals surface area contributed by atoms with Gasteiger partial charge < -0.3 is 9.67 Å². The van der Waals surface area contributed by atoms with Crippen LogP contribution in [0.5, 0.6) is 5.75 Å². The molecule has 0 atom stereocenters. The molecule has 0 aliphatic rings. The van der Waals surface area contributed by atoms with Crippen LogP contribution in [-0.4, -0.2) is 16.3 Å². The Balaban J connectivity index is 2.37. The van der Waals surface area contributed by atoms with Gasteiger partial charge in [-0.3, -0.25) is 5.11 Å². The van der Waals surface area contributed by atoms with E-state index in [4.69, 9.17) is 5.11 Å². The third-order valence-corrected chi connectivity index (χ3v) is 2.30. The van der Waals surface area contributed by atoms with Crippen LogP contribution in [0.3, 0.4) is 0 Å². The largest absolute Gasteiger partial charge is 0.396 e. The standard InChI is InChI=1S/C11H12NO2/c13-7-1-5-12-6-4-9-8-10(14)2-3-11(9)12/h2-4,6,8,13H,1,5,7H2/i14-13. The molecule has 0 aliphatic carbocycles. The van der Waals surface area contributed by atoms with Crippen molar-refractivity contribution >= 4 is 10.9 Å². The number of aromatic nitrogens is 1. The van der Waals surface area contributed by atoms with Crippen molar-refractivity contribution in [2.75, 3.05) is 6.61 Å². The van der Waals surface area contributed by atoms with Gasteiger partial charge in [-0.25, -0.2) is 0 Å². The first-order valence-electron chi connectivity index (χ1n) is 4.68. The van der Waals surface area contributed by atoms with Crippen LogP contribution in [0, 0.1) is 0 Å². The van der Waals surface area contributed by atoms with E-state index in [1.807, 2.05) is 22.9 Å². The third-order valence-electron chi connectivity index (χ3n) is 2.30. The smallest absolute Gasteiger partial charge is 0.179 e. The highest BCUT2D eigenvalue weighted by Gasteiger charge is 2.01. The minimum Gasteiger partial charge on any atom is -0.396 e. The van der Waals surface area contributed by atoms with Gasteiger partial charge >= 0.3 is 0 Å². The normalized spacial score (nSPS) is 10.9. The van der Waals surface area contributed by atoms with Gasteiger partial charge in [0, 0.05) is 30.3 Å². The predicted octanol–water partition coefficient (Wildman–Crippen LogP) is 2.17. The summed E-state index contributed by atoms with van der Waals surface area (Å²) in [6, 6.07) is 6.95. The molecule has 0 fully saturated rings. The first kappa shape index (κ1) is 9.09. The number of hydrogen-bond acceptors (Lipinski definition) is 1. The minimum atomic E-state index is 0.0393. The van der Waals surface area contributed by atoms with Gasteiger partial charge in [-0.1, -0.05) is 0 Å². The second-order valence-corrected chi connectivity index (χ2v) is 3.31. The van der Waals surface area contributed by atoms with Crippen LogP contribution < -0.4 is 0 Å². The van der Waals surface area contributed by atoms with Crippen molar-refractivity contribution in [3.05, 3.63) is 30.5 Å². The Morgan fingerprint density at radius 1 is 1.29 bits per heavy atom. The van der Waals surface area contributed by atoms with Crippen LogP contribution in [0.2, 0.25) is 0 Å². The number of aryl methyl sites for hydroxylation is 1. The highest BCUT2D eigenvalue weighted by Crippen LogP contribution is 2.21. The Labute approximate surface area is 82.2 Å². The van der Waals surface area contributed by atoms with Gasteiger partial charge in [0.05, 0.1) is 0 Å². The summed E-state index contributed by atoms with van der Waals surface area (Å²) in [6.45, 7) is 0.984. The van der Waals surface area contributed by atoms with Crippen LogP contribution in [-0.2, 0) is 11.7 Å². The fraction of sp³-hybridized carbons (Fsp3) is 0.273. The van der Waals surface area contributed by atoms with Crippen LogP contribution in [0.15, 0.2) is 30.5 Å². The second kappa shape index (κ2) is 3.72. The van der Waals surface area contributed by atoms with E-state index in [-0.39, 0.29) is 12.4 Å². The Kier molecular flexibility index (Phi) is 2.41. The predicted molar refractivity (Wildman–Crippen MR) is 53.8 cm³/mol. The lowest BCUT2D eigenvalue weighted by Crippen LogP contribution is -1.97. The topological polar surface area (TPSA) is 45.1 Å². The van der Waals surface area contributed by atoms with Crippen molar-refractivity contribution in [2.24, 2.45) is 0 Å². The van der Waals surface area contributed by atoms with E-state index in [1.165, 1.54) is 0 Å². The Bertz CT molecular complexity index is 434. The summed E-state index contributed by atoms with van der Waals surface area (Å²) < 4.78 is 2.05. The van der Waals surface area contributed by atoms with E-state index in [0.717, 1.165) is 23.9 Å². The Morgan fingerprint density at radius 3 is 2.93 bits per heavy atom. The lowest BCUT2D eigenvalue weighted by atomic mass is 2.89. The molecular formula is C11H12NO2. The van der Waals surface area contributed by atoms with E-state index in [2.05, 4.69) is 0 Å². The van der Waals surface area contributed by atoms with Crippen molar-refractivity contribution in [3.63, 3.8) is 0 Å². The van der Waals surface area contributed by atoms with E-state index in [9.17, 15) is 5.11 Å². The molecule has 0 aliphatic heterocycles. The molecule has 1 aromatic heterocycles. The number of rotatable bonds is 3. The van der Waals surface area contributed by atoms with Gasteiger partial charge in [-0.2, -0.15) is 0 Å². The lowest BCUT2D eigenvalue weighted by molar-refractivity contribution is 0.280. The highest BCUT2D eigenvalue weighted by atomic mass is 16.3. The summed E-state index contributed by atoms with van der Waals surface area (Å²) in [4.78, 5) is 0. The number of nitrogens with zero attached hydrogens (tertiary/aromatic N) is 1.